The van der Waals surface area contributed by atoms with Crippen LogP contribution in [-0.2, 0) is 4.79 Å². The topological polar surface area (TPSA) is 65.8 Å². The highest BCUT2D eigenvalue weighted by molar-refractivity contribution is 9.10. The van der Waals surface area contributed by atoms with Gasteiger partial charge in [0.25, 0.3) is 5.91 Å². The fourth-order valence-corrected chi connectivity index (χ4v) is 3.58. The van der Waals surface area contributed by atoms with E-state index in [1.165, 1.54) is 5.01 Å². The number of benzene rings is 2. The molecular weight excluding hydrogens is 406 g/mol. The van der Waals surface area contributed by atoms with Gasteiger partial charge in [-0.15, -0.1) is 0 Å². The predicted molar refractivity (Wildman–Crippen MR) is 108 cm³/mol. The van der Waals surface area contributed by atoms with Crippen molar-refractivity contribution in [3.8, 4) is 5.75 Å². The van der Waals surface area contributed by atoms with Gasteiger partial charge in [0.2, 0.25) is 0 Å². The first-order valence-corrected chi connectivity index (χ1v) is 9.29. The summed E-state index contributed by atoms with van der Waals surface area (Å²) in [6, 6.07) is 19.9. The number of pyridine rings is 1. The van der Waals surface area contributed by atoms with E-state index in [2.05, 4.69) is 26.0 Å². The van der Waals surface area contributed by atoms with Crippen LogP contribution in [-0.4, -0.2) is 21.7 Å². The number of aromatic hydroxyl groups is 1. The van der Waals surface area contributed by atoms with Crippen molar-refractivity contribution in [3.63, 3.8) is 0 Å². The molecule has 1 atom stereocenters. The van der Waals surface area contributed by atoms with Crippen molar-refractivity contribution in [2.75, 3.05) is 5.01 Å². The molecule has 1 unspecified atom stereocenters. The van der Waals surface area contributed by atoms with Crippen LogP contribution in [0.2, 0.25) is 0 Å². The average molecular weight is 422 g/mol. The molecule has 5 nitrogen and oxygen atoms in total. The molecule has 0 spiro atoms. The van der Waals surface area contributed by atoms with Gasteiger partial charge in [0.15, 0.2) is 0 Å². The van der Waals surface area contributed by atoms with Gasteiger partial charge in [-0.1, -0.05) is 30.3 Å². The second-order valence-corrected chi connectivity index (χ2v) is 7.07. The van der Waals surface area contributed by atoms with Gasteiger partial charge in [-0.05, 0) is 57.9 Å². The summed E-state index contributed by atoms with van der Waals surface area (Å²) >= 11 is 3.50. The van der Waals surface area contributed by atoms with Crippen molar-refractivity contribution in [1.82, 2.24) is 4.98 Å². The van der Waals surface area contributed by atoms with E-state index < -0.39 is 5.92 Å². The minimum atomic E-state index is -0.460. The number of carbonyl (C=O) groups excluding carboxylic acids is 1. The smallest absolute Gasteiger partial charge is 0.255 e. The normalized spacial score (nSPS) is 16.9. The quantitative estimate of drug-likeness (QED) is 0.677. The second kappa shape index (κ2) is 7.32. The molecule has 1 aromatic heterocycles. The van der Waals surface area contributed by atoms with E-state index in [1.807, 2.05) is 48.5 Å². The van der Waals surface area contributed by atoms with E-state index in [-0.39, 0.29) is 11.7 Å². The summed E-state index contributed by atoms with van der Waals surface area (Å²) in [6.07, 6.45) is 2.13. The maximum atomic E-state index is 13.3. The summed E-state index contributed by atoms with van der Waals surface area (Å²) in [7, 11) is 0. The van der Waals surface area contributed by atoms with Crippen LogP contribution in [0.4, 0.5) is 5.69 Å². The lowest BCUT2D eigenvalue weighted by Gasteiger charge is -2.30. The fraction of sp³-hybridized carbons (Fsp3) is 0.0952. The highest BCUT2D eigenvalue weighted by Crippen LogP contribution is 2.35. The molecule has 0 aliphatic carbocycles. The Bertz CT molecular complexity index is 1020. The Balaban J connectivity index is 1.83. The molecule has 1 N–H and O–H groups in total. The van der Waals surface area contributed by atoms with Crippen LogP contribution in [0.1, 0.15) is 23.6 Å². The molecule has 3 aromatic rings. The van der Waals surface area contributed by atoms with Crippen LogP contribution in [0.5, 0.6) is 5.75 Å². The van der Waals surface area contributed by atoms with Gasteiger partial charge in [-0.2, -0.15) is 10.1 Å². The first-order valence-electron chi connectivity index (χ1n) is 8.50. The van der Waals surface area contributed by atoms with Crippen LogP contribution >= 0.6 is 15.9 Å². The Morgan fingerprint density at radius 2 is 1.85 bits per heavy atom. The molecule has 134 valence electrons. The van der Waals surface area contributed by atoms with Crippen molar-refractivity contribution in [2.45, 2.75) is 12.3 Å². The Morgan fingerprint density at radius 1 is 1.04 bits per heavy atom. The molecule has 1 aliphatic heterocycles. The Labute approximate surface area is 165 Å². The number of amides is 1. The van der Waals surface area contributed by atoms with Crippen LogP contribution in [0.3, 0.4) is 0 Å². The summed E-state index contributed by atoms with van der Waals surface area (Å²) in [4.78, 5) is 17.7. The number of hydrogen-bond acceptors (Lipinski definition) is 4. The second-order valence-electron chi connectivity index (χ2n) is 6.21. The number of phenols is 1. The Kier molecular flexibility index (Phi) is 4.73. The molecule has 1 aliphatic rings. The summed E-state index contributed by atoms with van der Waals surface area (Å²) in [6.45, 7) is 0. The van der Waals surface area contributed by atoms with Crippen LogP contribution < -0.4 is 5.01 Å². The summed E-state index contributed by atoms with van der Waals surface area (Å²) in [5, 5.41) is 15.9. The van der Waals surface area contributed by atoms with Crippen LogP contribution in [0.15, 0.2) is 82.5 Å². The van der Waals surface area contributed by atoms with E-state index >= 15 is 0 Å². The molecule has 4 rings (SSSR count). The molecular formula is C21H16BrN3O2. The summed E-state index contributed by atoms with van der Waals surface area (Å²) in [5.74, 6) is -0.472. The lowest BCUT2D eigenvalue weighted by atomic mass is 9.90. The summed E-state index contributed by atoms with van der Waals surface area (Å²) in [5.41, 5.74) is 2.87. The lowest BCUT2D eigenvalue weighted by Crippen LogP contribution is -2.38. The van der Waals surface area contributed by atoms with Gasteiger partial charge in [-0.3, -0.25) is 9.78 Å². The molecule has 1 amide bonds. The minimum absolute atomic E-state index is 0.134. The van der Waals surface area contributed by atoms with E-state index in [4.69, 9.17) is 0 Å². The number of hydrogen-bond donors (Lipinski definition) is 1. The zero-order valence-electron chi connectivity index (χ0n) is 14.3. The standard InChI is InChI=1S/C21H16BrN3O2/c22-17-8-1-2-10-20(17)25-21(27)16(14-6-5-7-15(26)12-14)13-19(24-25)18-9-3-4-11-23-18/h1-12,16,26H,13H2. The fourth-order valence-electron chi connectivity index (χ4n) is 3.13. The first kappa shape index (κ1) is 17.4. The molecule has 6 heteroatoms. The van der Waals surface area contributed by atoms with Crippen molar-refractivity contribution >= 4 is 33.2 Å². The highest BCUT2D eigenvalue weighted by Gasteiger charge is 2.34. The maximum absolute atomic E-state index is 13.3. The zero-order valence-corrected chi connectivity index (χ0v) is 15.9. The SMILES string of the molecule is O=C1C(c2cccc(O)c2)CC(c2ccccn2)=NN1c1ccccc1Br. The first-order chi connectivity index (χ1) is 13.1. The van der Waals surface area contributed by atoms with Crippen LogP contribution in [0.25, 0.3) is 0 Å². The molecule has 0 radical (unpaired) electrons. The highest BCUT2D eigenvalue weighted by atomic mass is 79.9. The van der Waals surface area contributed by atoms with Crippen molar-refractivity contribution in [2.24, 2.45) is 5.10 Å². The van der Waals surface area contributed by atoms with E-state index in [0.717, 1.165) is 21.4 Å². The van der Waals surface area contributed by atoms with Gasteiger partial charge in [-0.25, -0.2) is 0 Å². The molecule has 0 saturated carbocycles. The lowest BCUT2D eigenvalue weighted by molar-refractivity contribution is -0.120. The molecule has 0 bridgehead atoms. The third-order valence-electron chi connectivity index (χ3n) is 4.44. The van der Waals surface area contributed by atoms with Gasteiger partial charge in [0.1, 0.15) is 5.75 Å². The minimum Gasteiger partial charge on any atom is -0.508 e. The molecule has 27 heavy (non-hydrogen) atoms. The largest absolute Gasteiger partial charge is 0.508 e. The van der Waals surface area contributed by atoms with Crippen molar-refractivity contribution in [1.29, 1.82) is 0 Å². The van der Waals surface area contributed by atoms with E-state index in [9.17, 15) is 9.90 Å². The van der Waals surface area contributed by atoms with Gasteiger partial charge in [0, 0.05) is 17.1 Å². The number of nitrogens with zero attached hydrogens (tertiary/aromatic N) is 3. The maximum Gasteiger partial charge on any atom is 0.255 e. The summed E-state index contributed by atoms with van der Waals surface area (Å²) < 4.78 is 0.777. The Morgan fingerprint density at radius 3 is 2.59 bits per heavy atom. The number of rotatable bonds is 3. The van der Waals surface area contributed by atoms with Crippen molar-refractivity contribution < 1.29 is 9.90 Å². The third kappa shape index (κ3) is 3.48. The number of carbonyl (C=O) groups is 1. The van der Waals surface area contributed by atoms with Crippen molar-refractivity contribution in [3.05, 3.63) is 88.7 Å². The monoisotopic (exact) mass is 421 g/mol. The van der Waals surface area contributed by atoms with E-state index in [1.54, 1.807) is 24.4 Å². The van der Waals surface area contributed by atoms with Crippen LogP contribution in [0, 0.1) is 0 Å². The Hall–Kier alpha value is -2.99. The zero-order chi connectivity index (χ0) is 18.8. The van der Waals surface area contributed by atoms with Gasteiger partial charge in [0.05, 0.1) is 23.0 Å². The molecule has 2 aromatic carbocycles. The number of anilines is 1. The number of para-hydroxylation sites is 1. The number of aromatic nitrogens is 1. The number of halogens is 1. The molecule has 2 heterocycles. The number of hydrazone groups is 1. The van der Waals surface area contributed by atoms with E-state index in [0.29, 0.717) is 12.1 Å². The third-order valence-corrected chi connectivity index (χ3v) is 5.11. The molecule has 0 fully saturated rings. The number of phenolic OH excluding ortho intramolecular Hbond substituents is 1. The predicted octanol–water partition coefficient (Wildman–Crippen LogP) is 4.47. The van der Waals surface area contributed by atoms with Gasteiger partial charge < -0.3 is 5.11 Å². The molecule has 0 saturated heterocycles. The average Bonchev–Trinajstić information content (AvgIpc) is 2.69. The van der Waals surface area contributed by atoms with Gasteiger partial charge >= 0.3 is 0 Å².